The van der Waals surface area contributed by atoms with E-state index in [4.69, 9.17) is 10.7 Å². The van der Waals surface area contributed by atoms with Crippen LogP contribution >= 0.6 is 0 Å². The van der Waals surface area contributed by atoms with E-state index >= 15 is 0 Å². The molecule has 4 rings (SSSR count). The number of nitrogens with zero attached hydrogens (tertiary/aromatic N) is 7. The average Bonchev–Trinajstić information content (AvgIpc) is 3.38. The first kappa shape index (κ1) is 19.5. The van der Waals surface area contributed by atoms with Crippen LogP contribution in [0.3, 0.4) is 0 Å². The van der Waals surface area contributed by atoms with Crippen LogP contribution in [0.2, 0.25) is 0 Å². The fraction of sp³-hybridized carbons (Fsp3) is 0.300. The van der Waals surface area contributed by atoms with Gasteiger partial charge in [-0.2, -0.15) is 5.10 Å². The molecule has 10 nitrogen and oxygen atoms in total. The Morgan fingerprint density at radius 2 is 2.03 bits per heavy atom. The minimum atomic E-state index is -0.608. The molecule has 0 saturated carbocycles. The molecule has 0 radical (unpaired) electrons. The molecule has 30 heavy (non-hydrogen) atoms. The monoisotopic (exact) mass is 405 g/mol. The lowest BCUT2D eigenvalue weighted by molar-refractivity contribution is 0.100. The molecule has 0 atom stereocenters. The van der Waals surface area contributed by atoms with Crippen molar-refractivity contribution in [2.24, 2.45) is 23.0 Å². The van der Waals surface area contributed by atoms with E-state index in [9.17, 15) is 4.79 Å². The second kappa shape index (κ2) is 8.27. The standard InChI is InChI=1S/C20H23N9O/c1-13-11-16(29-9-5-6-10-29)25-19(24-15-7-3-4-8-22-15)17(13)26-27-20-14(18(21)30)12-23-28(20)2/h3-4,7-8,11-12H,5-6,9-10H2,1-2H3,(H2,21,30)(H,22,24,25)/b27-26+. The number of hydrogen-bond acceptors (Lipinski definition) is 8. The highest BCUT2D eigenvalue weighted by Gasteiger charge is 2.19. The number of anilines is 3. The Labute approximate surface area is 173 Å². The van der Waals surface area contributed by atoms with Crippen LogP contribution in [0.1, 0.15) is 28.8 Å². The number of hydrogen-bond donors (Lipinski definition) is 2. The van der Waals surface area contributed by atoms with Gasteiger partial charge >= 0.3 is 0 Å². The summed E-state index contributed by atoms with van der Waals surface area (Å²) in [4.78, 5) is 23.0. The van der Waals surface area contributed by atoms with Crippen LogP contribution in [0.4, 0.5) is 29.0 Å². The predicted molar refractivity (Wildman–Crippen MR) is 114 cm³/mol. The maximum absolute atomic E-state index is 11.6. The first-order chi connectivity index (χ1) is 14.5. The lowest BCUT2D eigenvalue weighted by Gasteiger charge is -2.19. The Morgan fingerprint density at radius 3 is 2.73 bits per heavy atom. The molecule has 3 aromatic rings. The molecule has 10 heteroatoms. The van der Waals surface area contributed by atoms with Gasteiger partial charge in [0.15, 0.2) is 11.6 Å². The highest BCUT2D eigenvalue weighted by atomic mass is 16.1. The Balaban J connectivity index is 1.76. The summed E-state index contributed by atoms with van der Waals surface area (Å²) in [6.07, 6.45) is 5.39. The van der Waals surface area contributed by atoms with E-state index in [0.29, 0.717) is 17.3 Å². The normalized spacial score (nSPS) is 13.9. The Morgan fingerprint density at radius 1 is 1.23 bits per heavy atom. The molecule has 1 saturated heterocycles. The summed E-state index contributed by atoms with van der Waals surface area (Å²) >= 11 is 0. The van der Waals surface area contributed by atoms with Crippen molar-refractivity contribution < 1.29 is 4.79 Å². The molecule has 0 unspecified atom stereocenters. The third-order valence-electron chi connectivity index (χ3n) is 4.93. The second-order valence-electron chi connectivity index (χ2n) is 7.10. The summed E-state index contributed by atoms with van der Waals surface area (Å²) in [7, 11) is 1.68. The zero-order valence-corrected chi connectivity index (χ0v) is 16.9. The van der Waals surface area contributed by atoms with Gasteiger partial charge in [-0.05, 0) is 43.5 Å². The van der Waals surface area contributed by atoms with E-state index in [2.05, 4.69) is 30.5 Å². The minimum absolute atomic E-state index is 0.208. The van der Waals surface area contributed by atoms with Gasteiger partial charge in [-0.25, -0.2) is 14.6 Å². The zero-order chi connectivity index (χ0) is 21.1. The summed E-state index contributed by atoms with van der Waals surface area (Å²) in [5, 5.41) is 15.9. The van der Waals surface area contributed by atoms with Crippen LogP contribution in [-0.2, 0) is 7.05 Å². The molecule has 0 spiro atoms. The molecular formula is C20H23N9O. The molecule has 154 valence electrons. The molecule has 1 aliphatic heterocycles. The minimum Gasteiger partial charge on any atom is -0.365 e. The van der Waals surface area contributed by atoms with Crippen LogP contribution in [0.15, 0.2) is 46.9 Å². The van der Waals surface area contributed by atoms with Gasteiger partial charge in [-0.3, -0.25) is 4.79 Å². The maximum atomic E-state index is 11.6. The molecule has 4 heterocycles. The van der Waals surface area contributed by atoms with Crippen LogP contribution in [-0.4, -0.2) is 38.7 Å². The van der Waals surface area contributed by atoms with Gasteiger partial charge in [0.1, 0.15) is 22.9 Å². The fourth-order valence-electron chi connectivity index (χ4n) is 3.35. The summed E-state index contributed by atoms with van der Waals surface area (Å²) < 4.78 is 1.46. The number of primary amides is 1. The number of nitrogens with one attached hydrogen (secondary N) is 1. The van der Waals surface area contributed by atoms with Crippen molar-refractivity contribution in [2.75, 3.05) is 23.3 Å². The van der Waals surface area contributed by atoms with Gasteiger partial charge in [-0.15, -0.1) is 10.2 Å². The molecule has 0 aliphatic carbocycles. The quantitative estimate of drug-likeness (QED) is 0.605. The SMILES string of the molecule is Cc1cc(N2CCCC2)nc(Nc2ccccn2)c1/N=N/c1c(C(N)=O)cnn1C. The maximum Gasteiger partial charge on any atom is 0.254 e. The van der Waals surface area contributed by atoms with Crippen molar-refractivity contribution in [2.45, 2.75) is 19.8 Å². The zero-order valence-electron chi connectivity index (χ0n) is 16.9. The van der Waals surface area contributed by atoms with Crippen molar-refractivity contribution in [1.82, 2.24) is 19.7 Å². The van der Waals surface area contributed by atoms with E-state index in [0.717, 1.165) is 37.3 Å². The molecule has 1 amide bonds. The topological polar surface area (TPSA) is 127 Å². The van der Waals surface area contributed by atoms with Gasteiger partial charge in [0, 0.05) is 26.3 Å². The number of rotatable bonds is 6. The van der Waals surface area contributed by atoms with Crippen molar-refractivity contribution in [3.63, 3.8) is 0 Å². The van der Waals surface area contributed by atoms with Gasteiger partial charge in [0.2, 0.25) is 0 Å². The largest absolute Gasteiger partial charge is 0.365 e. The van der Waals surface area contributed by atoms with Crippen LogP contribution in [0.5, 0.6) is 0 Å². The molecule has 1 fully saturated rings. The third kappa shape index (κ3) is 3.97. The van der Waals surface area contributed by atoms with E-state index in [1.54, 1.807) is 13.2 Å². The number of carbonyl (C=O) groups excluding carboxylic acids is 1. The summed E-state index contributed by atoms with van der Waals surface area (Å²) in [5.74, 6) is 1.76. The lowest BCUT2D eigenvalue weighted by atomic mass is 10.2. The van der Waals surface area contributed by atoms with Gasteiger partial charge < -0.3 is 16.0 Å². The van der Waals surface area contributed by atoms with E-state index in [-0.39, 0.29) is 11.4 Å². The van der Waals surface area contributed by atoms with Gasteiger partial charge in [-0.1, -0.05) is 6.07 Å². The first-order valence-corrected chi connectivity index (χ1v) is 9.71. The van der Waals surface area contributed by atoms with E-state index < -0.39 is 5.91 Å². The average molecular weight is 405 g/mol. The van der Waals surface area contributed by atoms with Crippen molar-refractivity contribution in [1.29, 1.82) is 0 Å². The number of azo groups is 1. The second-order valence-corrected chi connectivity index (χ2v) is 7.10. The first-order valence-electron chi connectivity index (χ1n) is 9.71. The highest BCUT2D eigenvalue weighted by molar-refractivity contribution is 5.96. The van der Waals surface area contributed by atoms with Crippen LogP contribution in [0, 0.1) is 6.92 Å². The molecule has 3 N–H and O–H groups in total. The third-order valence-corrected chi connectivity index (χ3v) is 4.93. The number of amides is 1. The number of carbonyl (C=O) groups is 1. The van der Waals surface area contributed by atoms with Gasteiger partial charge in [0.05, 0.1) is 6.20 Å². The Kier molecular flexibility index (Phi) is 5.38. The number of nitrogens with two attached hydrogens (primary N) is 1. The lowest BCUT2D eigenvalue weighted by Crippen LogP contribution is -2.19. The molecule has 1 aliphatic rings. The molecule has 0 aromatic carbocycles. The smallest absolute Gasteiger partial charge is 0.254 e. The Hall–Kier alpha value is -3.82. The van der Waals surface area contributed by atoms with Crippen LogP contribution < -0.4 is 16.0 Å². The summed E-state index contributed by atoms with van der Waals surface area (Å²) in [6, 6.07) is 7.59. The van der Waals surface area contributed by atoms with Crippen LogP contribution in [0.25, 0.3) is 0 Å². The summed E-state index contributed by atoms with van der Waals surface area (Å²) in [6.45, 7) is 3.91. The van der Waals surface area contributed by atoms with Gasteiger partial charge in [0.25, 0.3) is 5.91 Å². The molecule has 0 bridgehead atoms. The number of aryl methyl sites for hydroxylation is 2. The van der Waals surface area contributed by atoms with Crippen molar-refractivity contribution in [3.8, 4) is 0 Å². The fourth-order valence-corrected chi connectivity index (χ4v) is 3.35. The highest BCUT2D eigenvalue weighted by Crippen LogP contribution is 2.35. The van der Waals surface area contributed by atoms with Crippen molar-refractivity contribution in [3.05, 3.63) is 47.8 Å². The van der Waals surface area contributed by atoms with E-state index in [1.165, 1.54) is 10.9 Å². The Bertz CT molecular complexity index is 1090. The number of pyridine rings is 2. The van der Waals surface area contributed by atoms with E-state index in [1.807, 2.05) is 31.2 Å². The van der Waals surface area contributed by atoms with Crippen molar-refractivity contribution >= 4 is 34.9 Å². The summed E-state index contributed by atoms with van der Waals surface area (Å²) in [5.41, 5.74) is 7.08. The molecule has 3 aromatic heterocycles. The number of aromatic nitrogens is 4. The predicted octanol–water partition coefficient (Wildman–Crippen LogP) is 3.38. The molecular weight excluding hydrogens is 382 g/mol.